The van der Waals surface area contributed by atoms with Crippen LogP contribution in [0.3, 0.4) is 0 Å². The molecule has 0 bridgehead atoms. The monoisotopic (exact) mass is 334 g/mol. The van der Waals surface area contributed by atoms with Gasteiger partial charge in [0.25, 0.3) is 0 Å². The van der Waals surface area contributed by atoms with Crippen LogP contribution in [0.15, 0.2) is 42.7 Å². The summed E-state index contributed by atoms with van der Waals surface area (Å²) in [5, 5.41) is 4.13. The van der Waals surface area contributed by atoms with Crippen LogP contribution in [0.5, 0.6) is 5.75 Å². The number of nitrogens with one attached hydrogen (secondary N) is 2. The summed E-state index contributed by atoms with van der Waals surface area (Å²) in [7, 11) is 0. The Kier molecular flexibility index (Phi) is 3.26. The van der Waals surface area contributed by atoms with Gasteiger partial charge in [-0.25, -0.2) is 4.98 Å². The fourth-order valence-electron chi connectivity index (χ4n) is 2.92. The molecule has 0 aliphatic carbocycles. The van der Waals surface area contributed by atoms with Crippen molar-refractivity contribution in [1.29, 1.82) is 0 Å². The highest BCUT2D eigenvalue weighted by molar-refractivity contribution is 5.98. The zero-order valence-electron chi connectivity index (χ0n) is 12.4. The largest absolute Gasteiger partial charge is 0.573 e. The lowest BCUT2D eigenvalue weighted by Gasteiger charge is -2.21. The molecule has 5 nitrogen and oxygen atoms in total. The van der Waals surface area contributed by atoms with E-state index in [0.29, 0.717) is 12.2 Å². The van der Waals surface area contributed by atoms with Gasteiger partial charge in [0.2, 0.25) is 0 Å². The number of benzene rings is 1. The molecule has 24 heavy (non-hydrogen) atoms. The zero-order chi connectivity index (χ0) is 16.7. The first kappa shape index (κ1) is 14.7. The molecular formula is C16H13F3N4O. The van der Waals surface area contributed by atoms with E-state index in [4.69, 9.17) is 0 Å². The Morgan fingerprint density at radius 3 is 2.88 bits per heavy atom. The number of hydrogen-bond acceptors (Lipinski definition) is 4. The van der Waals surface area contributed by atoms with Crippen LogP contribution >= 0.6 is 0 Å². The molecular weight excluding hydrogens is 321 g/mol. The van der Waals surface area contributed by atoms with Gasteiger partial charge in [0.15, 0.2) is 0 Å². The lowest BCUT2D eigenvalue weighted by atomic mass is 10.1. The van der Waals surface area contributed by atoms with Crippen LogP contribution in [0.1, 0.15) is 5.56 Å². The van der Waals surface area contributed by atoms with E-state index in [1.807, 2.05) is 11.0 Å². The van der Waals surface area contributed by atoms with Crippen molar-refractivity contribution < 1.29 is 17.9 Å². The number of nitrogens with zero attached hydrogens (tertiary/aromatic N) is 2. The normalized spacial score (nSPS) is 13.9. The molecule has 0 unspecified atom stereocenters. The number of ether oxygens (including phenoxy) is 1. The molecule has 0 fully saturated rings. The van der Waals surface area contributed by atoms with Crippen LogP contribution in [0.2, 0.25) is 0 Å². The van der Waals surface area contributed by atoms with Crippen LogP contribution in [0.4, 0.5) is 24.5 Å². The van der Waals surface area contributed by atoms with E-state index in [-0.39, 0.29) is 12.3 Å². The molecule has 0 amide bonds. The minimum Gasteiger partial charge on any atom is -0.405 e. The molecule has 3 aromatic rings. The molecule has 1 aliphatic heterocycles. The van der Waals surface area contributed by atoms with Gasteiger partial charge in [0.05, 0.1) is 24.2 Å². The average molecular weight is 334 g/mol. The summed E-state index contributed by atoms with van der Waals surface area (Å²) in [5.41, 5.74) is 2.98. The number of alkyl halides is 3. The van der Waals surface area contributed by atoms with E-state index in [9.17, 15) is 13.2 Å². The number of aromatic nitrogens is 2. The molecule has 2 aromatic heterocycles. The van der Waals surface area contributed by atoms with Crippen LogP contribution in [-0.4, -0.2) is 23.0 Å². The van der Waals surface area contributed by atoms with Gasteiger partial charge in [0, 0.05) is 23.7 Å². The van der Waals surface area contributed by atoms with Gasteiger partial charge >= 0.3 is 6.36 Å². The first-order valence-electron chi connectivity index (χ1n) is 7.30. The van der Waals surface area contributed by atoms with Gasteiger partial charge in [0.1, 0.15) is 11.4 Å². The fraction of sp³-hybridized carbons (Fsp3) is 0.188. The first-order valence-corrected chi connectivity index (χ1v) is 7.30. The van der Waals surface area contributed by atoms with Crippen molar-refractivity contribution >= 4 is 22.4 Å². The van der Waals surface area contributed by atoms with Crippen molar-refractivity contribution in [1.82, 2.24) is 9.97 Å². The molecule has 8 heteroatoms. The van der Waals surface area contributed by atoms with E-state index in [1.165, 1.54) is 12.1 Å². The Hall–Kier alpha value is -2.90. The maximum absolute atomic E-state index is 12.6. The summed E-state index contributed by atoms with van der Waals surface area (Å²) >= 11 is 0. The highest BCUT2D eigenvalue weighted by Crippen LogP contribution is 2.38. The second-order valence-corrected chi connectivity index (χ2v) is 5.45. The topological polar surface area (TPSA) is 53.2 Å². The summed E-state index contributed by atoms with van der Waals surface area (Å²) in [6.07, 6.45) is -1.21. The average Bonchev–Trinajstić information content (AvgIpc) is 3.14. The molecule has 0 radical (unpaired) electrons. The number of halogens is 3. The van der Waals surface area contributed by atoms with E-state index < -0.39 is 6.36 Å². The molecule has 4 rings (SSSR count). The van der Waals surface area contributed by atoms with Gasteiger partial charge in [-0.3, -0.25) is 0 Å². The second-order valence-electron chi connectivity index (χ2n) is 5.45. The van der Waals surface area contributed by atoms with E-state index in [2.05, 4.69) is 20.0 Å². The van der Waals surface area contributed by atoms with Gasteiger partial charge < -0.3 is 19.9 Å². The lowest BCUT2D eigenvalue weighted by Crippen LogP contribution is -2.24. The molecule has 1 aliphatic rings. The SMILES string of the molecule is FC(F)(F)Oc1ccccc1CN1CNc2cnc3[nH]ccc3c21. The summed E-state index contributed by atoms with van der Waals surface area (Å²) < 4.78 is 41.9. The van der Waals surface area contributed by atoms with Crippen molar-refractivity contribution in [3.8, 4) is 5.75 Å². The Morgan fingerprint density at radius 2 is 2.04 bits per heavy atom. The summed E-state index contributed by atoms with van der Waals surface area (Å²) in [6, 6.07) is 8.08. The first-order chi connectivity index (χ1) is 11.5. The number of pyridine rings is 1. The zero-order valence-corrected chi connectivity index (χ0v) is 12.4. The van der Waals surface area contributed by atoms with Gasteiger partial charge in [-0.2, -0.15) is 0 Å². The van der Waals surface area contributed by atoms with Crippen LogP contribution < -0.4 is 15.0 Å². The standard InChI is InChI=1S/C16H13F3N4O/c17-16(18,19)24-13-4-2-1-3-10(13)8-23-9-22-12-7-21-15-11(14(12)23)5-6-20-15/h1-7,22H,8-9H2,(H,20,21). The Labute approximate surface area is 135 Å². The van der Waals surface area contributed by atoms with Gasteiger partial charge in [-0.05, 0) is 12.1 Å². The number of hydrogen-bond donors (Lipinski definition) is 2. The third-order valence-corrected chi connectivity index (χ3v) is 3.89. The predicted molar refractivity (Wildman–Crippen MR) is 83.9 cm³/mol. The highest BCUT2D eigenvalue weighted by Gasteiger charge is 2.32. The van der Waals surface area contributed by atoms with E-state index in [1.54, 1.807) is 24.5 Å². The highest BCUT2D eigenvalue weighted by atomic mass is 19.4. The number of aromatic amines is 1. The van der Waals surface area contributed by atoms with Crippen molar-refractivity contribution in [3.63, 3.8) is 0 Å². The van der Waals surface area contributed by atoms with Crippen molar-refractivity contribution in [3.05, 3.63) is 48.3 Å². The quantitative estimate of drug-likeness (QED) is 0.764. The number of anilines is 2. The third kappa shape index (κ3) is 2.60. The number of rotatable bonds is 3. The van der Waals surface area contributed by atoms with Crippen molar-refractivity contribution in [2.24, 2.45) is 0 Å². The fourth-order valence-corrected chi connectivity index (χ4v) is 2.92. The summed E-state index contributed by atoms with van der Waals surface area (Å²) in [6.45, 7) is 0.776. The maximum atomic E-state index is 12.6. The molecule has 0 saturated carbocycles. The summed E-state index contributed by atoms with van der Waals surface area (Å²) in [5.74, 6) is -0.183. The number of para-hydroxylation sites is 1. The number of fused-ring (bicyclic) bond motifs is 3. The smallest absolute Gasteiger partial charge is 0.405 e. The Balaban J connectivity index is 1.68. The van der Waals surface area contributed by atoms with E-state index in [0.717, 1.165) is 22.4 Å². The third-order valence-electron chi connectivity index (χ3n) is 3.89. The van der Waals surface area contributed by atoms with Crippen LogP contribution in [0, 0.1) is 0 Å². The molecule has 2 N–H and O–H groups in total. The minimum absolute atomic E-state index is 0.183. The van der Waals surface area contributed by atoms with Crippen molar-refractivity contribution in [2.75, 3.05) is 16.9 Å². The van der Waals surface area contributed by atoms with Gasteiger partial charge in [-0.1, -0.05) is 18.2 Å². The second kappa shape index (κ2) is 5.33. The van der Waals surface area contributed by atoms with Gasteiger partial charge in [-0.15, -0.1) is 13.2 Å². The predicted octanol–water partition coefficient (Wildman–Crippen LogP) is 3.85. The summed E-state index contributed by atoms with van der Waals surface area (Å²) in [4.78, 5) is 9.30. The molecule has 1 aromatic carbocycles. The molecule has 124 valence electrons. The van der Waals surface area contributed by atoms with Crippen LogP contribution in [0.25, 0.3) is 11.0 Å². The maximum Gasteiger partial charge on any atom is 0.573 e. The van der Waals surface area contributed by atoms with E-state index >= 15 is 0 Å². The molecule has 0 spiro atoms. The Morgan fingerprint density at radius 1 is 1.21 bits per heavy atom. The Bertz CT molecular complexity index is 890. The molecule has 0 saturated heterocycles. The van der Waals surface area contributed by atoms with Crippen LogP contribution in [-0.2, 0) is 6.54 Å². The minimum atomic E-state index is -4.71. The lowest BCUT2D eigenvalue weighted by molar-refractivity contribution is -0.274. The number of H-pyrrole nitrogens is 1. The molecule has 3 heterocycles. The van der Waals surface area contributed by atoms with Crippen molar-refractivity contribution in [2.45, 2.75) is 12.9 Å². The molecule has 0 atom stereocenters.